The molecule has 3 amide bonds. The van der Waals surface area contributed by atoms with Crippen molar-refractivity contribution in [1.82, 2.24) is 16.2 Å². The van der Waals surface area contributed by atoms with Gasteiger partial charge in [-0.25, -0.2) is 0 Å². The molecule has 10 nitrogen and oxygen atoms in total. The summed E-state index contributed by atoms with van der Waals surface area (Å²) in [7, 11) is 0. The predicted molar refractivity (Wildman–Crippen MR) is 113 cm³/mol. The minimum absolute atomic E-state index is 0.0341. The molecule has 12 heteroatoms. The van der Waals surface area contributed by atoms with E-state index in [9.17, 15) is 24.5 Å². The van der Waals surface area contributed by atoms with Gasteiger partial charge in [0.2, 0.25) is 5.91 Å². The molecule has 0 heterocycles. The van der Waals surface area contributed by atoms with Gasteiger partial charge in [-0.2, -0.15) is 0 Å². The molecule has 2 rings (SSSR count). The minimum Gasteiger partial charge on any atom is -0.492 e. The number of hydrogen-bond acceptors (Lipinski definition) is 6. The van der Waals surface area contributed by atoms with Gasteiger partial charge >= 0.3 is 0 Å². The minimum atomic E-state index is -0.670. The van der Waals surface area contributed by atoms with Crippen LogP contribution >= 0.6 is 23.2 Å². The van der Waals surface area contributed by atoms with E-state index in [0.717, 1.165) is 6.07 Å². The highest BCUT2D eigenvalue weighted by atomic mass is 35.5. The zero-order valence-corrected chi connectivity index (χ0v) is 17.5. The topological polar surface area (TPSA) is 140 Å². The lowest BCUT2D eigenvalue weighted by Gasteiger charge is -2.10. The largest absolute Gasteiger partial charge is 0.492 e. The fourth-order valence-corrected chi connectivity index (χ4v) is 2.74. The van der Waals surface area contributed by atoms with Gasteiger partial charge in [0.05, 0.1) is 23.1 Å². The molecule has 0 aliphatic heterocycles. The lowest BCUT2D eigenvalue weighted by atomic mass is 10.2. The molecule has 0 saturated carbocycles. The highest BCUT2D eigenvalue weighted by Gasteiger charge is 2.13. The average molecular weight is 469 g/mol. The summed E-state index contributed by atoms with van der Waals surface area (Å²) in [5.74, 6) is -1.34. The van der Waals surface area contributed by atoms with Crippen LogP contribution in [0.3, 0.4) is 0 Å². The Morgan fingerprint density at radius 2 is 1.77 bits per heavy atom. The van der Waals surface area contributed by atoms with Gasteiger partial charge in [-0.15, -0.1) is 0 Å². The Hall–Kier alpha value is -3.37. The first-order valence-electron chi connectivity index (χ1n) is 8.94. The normalized spacial score (nSPS) is 10.1. The third kappa shape index (κ3) is 8.11. The second-order valence-corrected chi connectivity index (χ2v) is 6.96. The fraction of sp³-hybridized carbons (Fsp3) is 0.211. The van der Waals surface area contributed by atoms with Crippen molar-refractivity contribution < 1.29 is 24.0 Å². The van der Waals surface area contributed by atoms with E-state index in [1.165, 1.54) is 18.2 Å². The van der Waals surface area contributed by atoms with Gasteiger partial charge in [-0.05, 0) is 30.7 Å². The summed E-state index contributed by atoms with van der Waals surface area (Å²) in [5, 5.41) is 13.9. The molecule has 0 saturated heterocycles. The molecule has 0 spiro atoms. The average Bonchev–Trinajstić information content (AvgIpc) is 2.74. The van der Waals surface area contributed by atoms with Gasteiger partial charge in [-0.1, -0.05) is 29.3 Å². The number of carbonyl (C=O) groups is 3. The number of hydrogen-bond donors (Lipinski definition) is 3. The smallest absolute Gasteiger partial charge is 0.270 e. The van der Waals surface area contributed by atoms with Crippen molar-refractivity contribution in [2.24, 2.45) is 0 Å². The van der Waals surface area contributed by atoms with E-state index in [1.807, 2.05) is 0 Å². The van der Waals surface area contributed by atoms with Crippen LogP contribution in [0.4, 0.5) is 5.69 Å². The van der Waals surface area contributed by atoms with Gasteiger partial charge in [0, 0.05) is 29.1 Å². The fourth-order valence-electron chi connectivity index (χ4n) is 2.28. The summed E-state index contributed by atoms with van der Waals surface area (Å²) >= 11 is 11.8. The third-order valence-corrected chi connectivity index (χ3v) is 4.30. The van der Waals surface area contributed by atoms with Gasteiger partial charge in [0.15, 0.2) is 0 Å². The van der Waals surface area contributed by atoms with E-state index in [-0.39, 0.29) is 24.3 Å². The van der Waals surface area contributed by atoms with E-state index in [2.05, 4.69) is 16.2 Å². The standard InChI is InChI=1S/C19H18Cl2N4O6/c20-13-6-7-16(15(21)10-13)31-8-2-5-17(26)23-24-18(27)11-22-19(28)12-3-1-4-14(9-12)25(29)30/h1,3-4,6-7,9-10H,2,5,8,11H2,(H,22,28)(H,23,26)(H,24,27). The number of ether oxygens (including phenoxy) is 1. The Morgan fingerprint density at radius 3 is 2.48 bits per heavy atom. The van der Waals surface area contributed by atoms with Crippen molar-refractivity contribution in [2.75, 3.05) is 13.2 Å². The van der Waals surface area contributed by atoms with E-state index >= 15 is 0 Å². The zero-order chi connectivity index (χ0) is 22.8. The summed E-state index contributed by atoms with van der Waals surface area (Å²) in [6.07, 6.45) is 0.440. The van der Waals surface area contributed by atoms with Crippen molar-refractivity contribution in [1.29, 1.82) is 0 Å². The molecular weight excluding hydrogens is 451 g/mol. The number of rotatable bonds is 9. The summed E-state index contributed by atoms with van der Waals surface area (Å²) < 4.78 is 5.45. The number of amides is 3. The van der Waals surface area contributed by atoms with E-state index in [1.54, 1.807) is 18.2 Å². The first-order valence-corrected chi connectivity index (χ1v) is 9.70. The molecular formula is C19H18Cl2N4O6. The maximum Gasteiger partial charge on any atom is 0.270 e. The number of hydrazine groups is 1. The molecule has 0 bridgehead atoms. The molecule has 164 valence electrons. The molecule has 0 aliphatic rings. The van der Waals surface area contributed by atoms with Crippen LogP contribution in [0.2, 0.25) is 10.0 Å². The van der Waals surface area contributed by atoms with Crippen molar-refractivity contribution in [3.63, 3.8) is 0 Å². The molecule has 0 aromatic heterocycles. The Bertz CT molecular complexity index is 986. The Balaban J connectivity index is 1.64. The third-order valence-electron chi connectivity index (χ3n) is 3.77. The Labute approximate surface area is 187 Å². The monoisotopic (exact) mass is 468 g/mol. The number of carbonyl (C=O) groups excluding carboxylic acids is 3. The lowest BCUT2D eigenvalue weighted by molar-refractivity contribution is -0.384. The number of nitrogens with one attached hydrogen (secondary N) is 3. The Kier molecular flexibility index (Phi) is 9.04. The van der Waals surface area contributed by atoms with Gasteiger partial charge in [0.1, 0.15) is 5.75 Å². The van der Waals surface area contributed by atoms with E-state index < -0.39 is 29.2 Å². The molecule has 3 N–H and O–H groups in total. The molecule has 0 atom stereocenters. The highest BCUT2D eigenvalue weighted by Crippen LogP contribution is 2.27. The molecule has 0 radical (unpaired) electrons. The maximum atomic E-state index is 12.0. The number of non-ortho nitro benzene ring substituents is 1. The van der Waals surface area contributed by atoms with Crippen molar-refractivity contribution >= 4 is 46.6 Å². The van der Waals surface area contributed by atoms with E-state index in [0.29, 0.717) is 22.2 Å². The summed E-state index contributed by atoms with van der Waals surface area (Å²) in [6, 6.07) is 9.86. The van der Waals surface area contributed by atoms with Crippen LogP contribution in [0.1, 0.15) is 23.2 Å². The highest BCUT2D eigenvalue weighted by molar-refractivity contribution is 6.35. The van der Waals surface area contributed by atoms with Crippen LogP contribution < -0.4 is 20.9 Å². The first-order chi connectivity index (χ1) is 14.8. The molecule has 2 aromatic carbocycles. The molecule has 0 unspecified atom stereocenters. The quantitative estimate of drug-likeness (QED) is 0.293. The van der Waals surface area contributed by atoms with E-state index in [4.69, 9.17) is 27.9 Å². The lowest BCUT2D eigenvalue weighted by Crippen LogP contribution is -2.46. The second kappa shape index (κ2) is 11.7. The van der Waals surface area contributed by atoms with Gasteiger partial charge in [0.25, 0.3) is 17.5 Å². The van der Waals surface area contributed by atoms with Crippen LogP contribution in [-0.4, -0.2) is 35.8 Å². The number of nitrogens with zero attached hydrogens (tertiary/aromatic N) is 1. The van der Waals surface area contributed by atoms with Crippen molar-refractivity contribution in [3.8, 4) is 5.75 Å². The second-order valence-electron chi connectivity index (χ2n) is 6.11. The number of halogens is 2. The molecule has 0 fully saturated rings. The molecule has 31 heavy (non-hydrogen) atoms. The van der Waals surface area contributed by atoms with Crippen LogP contribution in [0.25, 0.3) is 0 Å². The summed E-state index contributed by atoms with van der Waals surface area (Å²) in [5.41, 5.74) is 4.15. The Morgan fingerprint density at radius 1 is 1.03 bits per heavy atom. The maximum absolute atomic E-state index is 12.0. The molecule has 2 aromatic rings. The van der Waals surface area contributed by atoms with Crippen LogP contribution in [0.5, 0.6) is 5.75 Å². The van der Waals surface area contributed by atoms with Crippen LogP contribution in [-0.2, 0) is 9.59 Å². The van der Waals surface area contributed by atoms with Crippen LogP contribution in [0.15, 0.2) is 42.5 Å². The summed E-state index contributed by atoms with van der Waals surface area (Å²) in [6.45, 7) is -0.206. The SMILES string of the molecule is O=C(CCCOc1ccc(Cl)cc1Cl)NNC(=O)CNC(=O)c1cccc([N+](=O)[O-])c1. The summed E-state index contributed by atoms with van der Waals surface area (Å²) in [4.78, 5) is 45.6. The van der Waals surface area contributed by atoms with Crippen LogP contribution in [0, 0.1) is 10.1 Å². The predicted octanol–water partition coefficient (Wildman–Crippen LogP) is 2.64. The first kappa shape index (κ1) is 23.9. The number of nitro benzene ring substituents is 1. The van der Waals surface area contributed by atoms with Gasteiger partial charge in [-0.3, -0.25) is 35.3 Å². The number of benzene rings is 2. The zero-order valence-electron chi connectivity index (χ0n) is 16.0. The molecule has 0 aliphatic carbocycles. The van der Waals surface area contributed by atoms with Crippen molar-refractivity contribution in [3.05, 3.63) is 68.2 Å². The van der Waals surface area contributed by atoms with Gasteiger partial charge < -0.3 is 10.1 Å². The number of nitro groups is 1. The van der Waals surface area contributed by atoms with Crippen molar-refractivity contribution in [2.45, 2.75) is 12.8 Å².